The van der Waals surface area contributed by atoms with Gasteiger partial charge in [0.15, 0.2) is 0 Å². The van der Waals surface area contributed by atoms with Crippen molar-refractivity contribution in [2.75, 3.05) is 34.4 Å². The van der Waals surface area contributed by atoms with E-state index < -0.39 is 10.0 Å². The number of ether oxygens (including phenoxy) is 2. The molecule has 0 bridgehead atoms. The van der Waals surface area contributed by atoms with Gasteiger partial charge in [-0.25, -0.2) is 12.7 Å². The molecular weight excluding hydrogens is 416 g/mol. The standard InChI is InChI=1S/C20H25ClN2O5S/c1-23(2)29(25,26)18-9-10-19(27-3)15(14-18)4-11-20(24)22-12-13-28-17-7-5-16(21)6-8-17/h5-10,14H,4,11-13H2,1-3H3,(H,22,24). The van der Waals surface area contributed by atoms with Crippen LogP contribution in [0.5, 0.6) is 11.5 Å². The molecule has 2 rings (SSSR count). The molecule has 0 saturated carbocycles. The minimum absolute atomic E-state index is 0.160. The number of halogens is 1. The molecule has 2 aromatic rings. The zero-order valence-electron chi connectivity index (χ0n) is 16.6. The van der Waals surface area contributed by atoms with Gasteiger partial charge in [0.2, 0.25) is 15.9 Å². The van der Waals surface area contributed by atoms with Crippen molar-refractivity contribution in [3.05, 3.63) is 53.1 Å². The summed E-state index contributed by atoms with van der Waals surface area (Å²) in [6.07, 6.45) is 0.548. The lowest BCUT2D eigenvalue weighted by Gasteiger charge is -2.14. The van der Waals surface area contributed by atoms with E-state index in [0.29, 0.717) is 41.7 Å². The summed E-state index contributed by atoms with van der Waals surface area (Å²) in [4.78, 5) is 12.3. The number of nitrogens with zero attached hydrogens (tertiary/aromatic N) is 1. The number of hydrogen-bond donors (Lipinski definition) is 1. The maximum Gasteiger partial charge on any atom is 0.242 e. The van der Waals surface area contributed by atoms with Gasteiger partial charge in [0, 0.05) is 25.5 Å². The number of benzene rings is 2. The fourth-order valence-electron chi connectivity index (χ4n) is 2.55. The van der Waals surface area contributed by atoms with Crippen LogP contribution in [0.4, 0.5) is 0 Å². The van der Waals surface area contributed by atoms with Crippen LogP contribution < -0.4 is 14.8 Å². The quantitative estimate of drug-likeness (QED) is 0.574. The zero-order chi connectivity index (χ0) is 21.4. The van der Waals surface area contributed by atoms with Gasteiger partial charge in [0.25, 0.3) is 0 Å². The average Bonchev–Trinajstić information content (AvgIpc) is 2.70. The second kappa shape index (κ2) is 10.5. The van der Waals surface area contributed by atoms with E-state index in [4.69, 9.17) is 21.1 Å². The molecule has 0 fully saturated rings. The van der Waals surface area contributed by atoms with Gasteiger partial charge >= 0.3 is 0 Å². The Morgan fingerprint density at radius 2 is 1.83 bits per heavy atom. The van der Waals surface area contributed by atoms with Crippen molar-refractivity contribution in [2.24, 2.45) is 0 Å². The van der Waals surface area contributed by atoms with Gasteiger partial charge in [0.1, 0.15) is 18.1 Å². The van der Waals surface area contributed by atoms with Crippen LogP contribution in [0.1, 0.15) is 12.0 Å². The number of carbonyl (C=O) groups excluding carboxylic acids is 1. The summed E-state index contributed by atoms with van der Waals surface area (Å²) in [5.74, 6) is 1.06. The fraction of sp³-hybridized carbons (Fsp3) is 0.350. The maximum atomic E-state index is 12.3. The second-order valence-corrected chi connectivity index (χ2v) is 9.00. The molecule has 158 valence electrons. The van der Waals surface area contributed by atoms with Crippen molar-refractivity contribution < 1.29 is 22.7 Å². The van der Waals surface area contributed by atoms with E-state index >= 15 is 0 Å². The summed E-state index contributed by atoms with van der Waals surface area (Å²) >= 11 is 5.81. The van der Waals surface area contributed by atoms with Crippen molar-refractivity contribution in [1.29, 1.82) is 0 Å². The third-order valence-corrected chi connectivity index (χ3v) is 6.22. The van der Waals surface area contributed by atoms with Crippen LogP contribution >= 0.6 is 11.6 Å². The Morgan fingerprint density at radius 3 is 2.45 bits per heavy atom. The lowest BCUT2D eigenvalue weighted by atomic mass is 10.1. The third-order valence-electron chi connectivity index (χ3n) is 4.16. The molecule has 9 heteroatoms. The normalized spacial score (nSPS) is 11.3. The number of amides is 1. The number of hydrogen-bond acceptors (Lipinski definition) is 5. The van der Waals surface area contributed by atoms with Crippen LogP contribution in [0.3, 0.4) is 0 Å². The monoisotopic (exact) mass is 440 g/mol. The van der Waals surface area contributed by atoms with Gasteiger partial charge in [-0.15, -0.1) is 0 Å². The summed E-state index contributed by atoms with van der Waals surface area (Å²) in [5, 5.41) is 3.41. The minimum Gasteiger partial charge on any atom is -0.496 e. The lowest BCUT2D eigenvalue weighted by Crippen LogP contribution is -2.28. The fourth-order valence-corrected chi connectivity index (χ4v) is 3.63. The summed E-state index contributed by atoms with van der Waals surface area (Å²) < 4.78 is 36.6. The Labute approximate surface area is 176 Å². The minimum atomic E-state index is -3.56. The van der Waals surface area contributed by atoms with Crippen LogP contribution in [0.2, 0.25) is 5.02 Å². The molecule has 0 aliphatic heterocycles. The second-order valence-electron chi connectivity index (χ2n) is 6.41. The first-order chi connectivity index (χ1) is 13.7. The molecule has 0 aliphatic rings. The van der Waals surface area contributed by atoms with Crippen molar-refractivity contribution >= 4 is 27.5 Å². The predicted octanol–water partition coefficient (Wildman–Crippen LogP) is 2.73. The van der Waals surface area contributed by atoms with Gasteiger partial charge in [-0.05, 0) is 54.4 Å². The Kier molecular flexibility index (Phi) is 8.31. The number of sulfonamides is 1. The van der Waals surface area contributed by atoms with E-state index in [9.17, 15) is 13.2 Å². The van der Waals surface area contributed by atoms with Crippen LogP contribution in [-0.2, 0) is 21.2 Å². The Morgan fingerprint density at radius 1 is 1.14 bits per heavy atom. The molecule has 0 spiro atoms. The molecule has 1 N–H and O–H groups in total. The van der Waals surface area contributed by atoms with E-state index in [1.165, 1.54) is 27.3 Å². The molecule has 7 nitrogen and oxygen atoms in total. The molecule has 0 aromatic heterocycles. The molecule has 1 amide bonds. The van der Waals surface area contributed by atoms with Gasteiger partial charge in [0.05, 0.1) is 18.6 Å². The highest BCUT2D eigenvalue weighted by atomic mass is 35.5. The van der Waals surface area contributed by atoms with Crippen LogP contribution in [0.15, 0.2) is 47.4 Å². The zero-order valence-corrected chi connectivity index (χ0v) is 18.2. The molecule has 0 saturated heterocycles. The molecule has 0 aliphatic carbocycles. The van der Waals surface area contributed by atoms with E-state index in [-0.39, 0.29) is 17.2 Å². The highest BCUT2D eigenvalue weighted by Gasteiger charge is 2.19. The third kappa shape index (κ3) is 6.62. The molecule has 29 heavy (non-hydrogen) atoms. The number of nitrogens with one attached hydrogen (secondary N) is 1. The van der Waals surface area contributed by atoms with Crippen LogP contribution in [-0.4, -0.2) is 53.0 Å². The predicted molar refractivity (Wildman–Crippen MR) is 112 cm³/mol. The number of rotatable bonds is 10. The van der Waals surface area contributed by atoms with Crippen molar-refractivity contribution in [3.8, 4) is 11.5 Å². The lowest BCUT2D eigenvalue weighted by molar-refractivity contribution is -0.121. The maximum absolute atomic E-state index is 12.3. The van der Waals surface area contributed by atoms with E-state index in [2.05, 4.69) is 5.32 Å². The number of carbonyl (C=O) groups is 1. The molecule has 0 heterocycles. The van der Waals surface area contributed by atoms with Gasteiger partial charge < -0.3 is 14.8 Å². The topological polar surface area (TPSA) is 84.9 Å². The summed E-state index contributed by atoms with van der Waals surface area (Å²) in [7, 11) is 0.892. The average molecular weight is 441 g/mol. The van der Waals surface area contributed by atoms with Gasteiger partial charge in [-0.1, -0.05) is 11.6 Å². The van der Waals surface area contributed by atoms with Gasteiger partial charge in [-0.3, -0.25) is 4.79 Å². The highest BCUT2D eigenvalue weighted by molar-refractivity contribution is 7.89. The Bertz CT molecular complexity index is 930. The summed E-state index contributed by atoms with van der Waals surface area (Å²) in [5.41, 5.74) is 0.656. The highest BCUT2D eigenvalue weighted by Crippen LogP contribution is 2.25. The molecule has 0 radical (unpaired) electrons. The van der Waals surface area contributed by atoms with E-state index in [0.717, 1.165) is 4.31 Å². The van der Waals surface area contributed by atoms with Crippen LogP contribution in [0, 0.1) is 0 Å². The summed E-state index contributed by atoms with van der Waals surface area (Å²) in [6.45, 7) is 0.681. The molecular formula is C20H25ClN2O5S. The smallest absolute Gasteiger partial charge is 0.242 e. The van der Waals surface area contributed by atoms with Gasteiger partial charge in [-0.2, -0.15) is 0 Å². The van der Waals surface area contributed by atoms with E-state index in [1.54, 1.807) is 36.4 Å². The molecule has 0 atom stereocenters. The number of methoxy groups -OCH3 is 1. The SMILES string of the molecule is COc1ccc(S(=O)(=O)N(C)C)cc1CCC(=O)NCCOc1ccc(Cl)cc1. The number of aryl methyl sites for hydroxylation is 1. The van der Waals surface area contributed by atoms with Crippen molar-refractivity contribution in [2.45, 2.75) is 17.7 Å². The largest absolute Gasteiger partial charge is 0.496 e. The first kappa shape index (κ1) is 23.0. The van der Waals surface area contributed by atoms with Crippen molar-refractivity contribution in [3.63, 3.8) is 0 Å². The first-order valence-electron chi connectivity index (χ1n) is 8.98. The Balaban J connectivity index is 1.87. The van der Waals surface area contributed by atoms with E-state index in [1.807, 2.05) is 0 Å². The molecule has 2 aromatic carbocycles. The summed E-state index contributed by atoms with van der Waals surface area (Å²) in [6, 6.07) is 11.6. The Hall–Kier alpha value is -2.29. The van der Waals surface area contributed by atoms with Crippen LogP contribution in [0.25, 0.3) is 0 Å². The molecule has 0 unspecified atom stereocenters. The first-order valence-corrected chi connectivity index (χ1v) is 10.8. The van der Waals surface area contributed by atoms with Crippen molar-refractivity contribution in [1.82, 2.24) is 9.62 Å².